The van der Waals surface area contributed by atoms with E-state index in [1.807, 2.05) is 6.92 Å². The highest BCUT2D eigenvalue weighted by atomic mass is 19.4. The van der Waals surface area contributed by atoms with E-state index in [9.17, 15) is 22.4 Å². The van der Waals surface area contributed by atoms with Gasteiger partial charge in [0.1, 0.15) is 11.6 Å². The molecule has 0 bridgehead atoms. The standard InChI is InChI=1S/C21H18F4N4O/c1-2-26-19-11-13(9-10-27-19)17-8-7-16(12-18(17)22)29-20(30)28-15-5-3-14(4-6-15)21(23,24)25/h3-12H,2H2,1H3,(H,26,27)(H2,28,29,30). The van der Waals surface area contributed by atoms with Gasteiger partial charge in [0.05, 0.1) is 5.56 Å². The topological polar surface area (TPSA) is 66.0 Å². The number of rotatable bonds is 5. The van der Waals surface area contributed by atoms with Crippen LogP contribution in [-0.4, -0.2) is 17.6 Å². The molecular formula is C21H18F4N4O. The normalized spacial score (nSPS) is 11.1. The van der Waals surface area contributed by atoms with Crippen molar-refractivity contribution in [2.75, 3.05) is 22.5 Å². The van der Waals surface area contributed by atoms with Crippen LogP contribution in [0.2, 0.25) is 0 Å². The maximum Gasteiger partial charge on any atom is 0.416 e. The van der Waals surface area contributed by atoms with Crippen molar-refractivity contribution in [3.8, 4) is 11.1 Å². The molecule has 0 fully saturated rings. The summed E-state index contributed by atoms with van der Waals surface area (Å²) in [5, 5.41) is 7.90. The van der Waals surface area contributed by atoms with Crippen LogP contribution < -0.4 is 16.0 Å². The number of nitrogens with one attached hydrogen (secondary N) is 3. The predicted octanol–water partition coefficient (Wildman–Crippen LogP) is 5.98. The first-order chi connectivity index (χ1) is 14.3. The van der Waals surface area contributed by atoms with E-state index in [4.69, 9.17) is 0 Å². The Morgan fingerprint density at radius 3 is 2.27 bits per heavy atom. The van der Waals surface area contributed by atoms with Crippen LogP contribution >= 0.6 is 0 Å². The Morgan fingerprint density at radius 2 is 1.63 bits per heavy atom. The molecule has 0 spiro atoms. The summed E-state index contributed by atoms with van der Waals surface area (Å²) in [6.45, 7) is 2.60. The van der Waals surface area contributed by atoms with E-state index in [0.29, 0.717) is 23.5 Å². The Bertz CT molecular complexity index is 1040. The van der Waals surface area contributed by atoms with Crippen molar-refractivity contribution < 1.29 is 22.4 Å². The molecule has 0 aliphatic heterocycles. The second kappa shape index (κ2) is 8.81. The average molecular weight is 418 g/mol. The number of pyridine rings is 1. The smallest absolute Gasteiger partial charge is 0.370 e. The maximum atomic E-state index is 14.6. The van der Waals surface area contributed by atoms with Gasteiger partial charge in [-0.1, -0.05) is 0 Å². The minimum Gasteiger partial charge on any atom is -0.370 e. The zero-order chi connectivity index (χ0) is 21.7. The monoisotopic (exact) mass is 418 g/mol. The van der Waals surface area contributed by atoms with Crippen molar-refractivity contribution in [1.29, 1.82) is 0 Å². The Kier molecular flexibility index (Phi) is 6.20. The molecule has 0 saturated heterocycles. The van der Waals surface area contributed by atoms with Gasteiger partial charge in [-0.15, -0.1) is 0 Å². The highest BCUT2D eigenvalue weighted by Gasteiger charge is 2.30. The predicted molar refractivity (Wildman–Crippen MR) is 108 cm³/mol. The van der Waals surface area contributed by atoms with Gasteiger partial charge in [-0.25, -0.2) is 14.2 Å². The van der Waals surface area contributed by atoms with Gasteiger partial charge in [0.2, 0.25) is 0 Å². The molecule has 2 amide bonds. The minimum atomic E-state index is -4.46. The van der Waals surface area contributed by atoms with Crippen molar-refractivity contribution in [3.05, 3.63) is 72.2 Å². The number of urea groups is 1. The number of hydrogen-bond acceptors (Lipinski definition) is 3. The number of anilines is 3. The number of carbonyl (C=O) groups is 1. The van der Waals surface area contributed by atoms with Gasteiger partial charge < -0.3 is 16.0 Å². The van der Waals surface area contributed by atoms with Gasteiger partial charge in [-0.05, 0) is 67.1 Å². The molecule has 9 heteroatoms. The zero-order valence-electron chi connectivity index (χ0n) is 15.8. The number of benzene rings is 2. The van der Waals surface area contributed by atoms with Crippen molar-refractivity contribution >= 4 is 23.2 Å². The van der Waals surface area contributed by atoms with Gasteiger partial charge >= 0.3 is 12.2 Å². The fourth-order valence-electron chi connectivity index (χ4n) is 2.74. The molecule has 0 saturated carbocycles. The third-order valence-electron chi connectivity index (χ3n) is 4.13. The Morgan fingerprint density at radius 1 is 0.967 bits per heavy atom. The summed E-state index contributed by atoms with van der Waals surface area (Å²) >= 11 is 0. The summed E-state index contributed by atoms with van der Waals surface area (Å²) in [5.41, 5.74) is 0.510. The van der Waals surface area contributed by atoms with Crippen LogP contribution in [0.5, 0.6) is 0 Å². The summed E-state index contributed by atoms with van der Waals surface area (Å²) in [4.78, 5) is 16.2. The molecule has 5 nitrogen and oxygen atoms in total. The summed E-state index contributed by atoms with van der Waals surface area (Å²) < 4.78 is 52.3. The molecule has 30 heavy (non-hydrogen) atoms. The quantitative estimate of drug-likeness (QED) is 0.447. The largest absolute Gasteiger partial charge is 0.416 e. The van der Waals surface area contributed by atoms with Gasteiger partial charge in [0, 0.05) is 29.7 Å². The molecule has 0 radical (unpaired) electrons. The second-order valence-corrected chi connectivity index (χ2v) is 6.31. The summed E-state index contributed by atoms with van der Waals surface area (Å²) in [5.74, 6) is 0.0727. The van der Waals surface area contributed by atoms with Gasteiger partial charge in [0.25, 0.3) is 0 Å². The summed E-state index contributed by atoms with van der Waals surface area (Å²) in [6, 6.07) is 10.9. The van der Waals surface area contributed by atoms with E-state index in [2.05, 4.69) is 20.9 Å². The third-order valence-corrected chi connectivity index (χ3v) is 4.13. The Balaban J connectivity index is 1.68. The van der Waals surface area contributed by atoms with Crippen LogP contribution in [0.15, 0.2) is 60.8 Å². The van der Waals surface area contributed by atoms with Crippen LogP contribution in [0.3, 0.4) is 0 Å². The first-order valence-electron chi connectivity index (χ1n) is 9.01. The fraction of sp³-hybridized carbons (Fsp3) is 0.143. The minimum absolute atomic E-state index is 0.172. The van der Waals surface area contributed by atoms with Gasteiger partial charge in [-0.2, -0.15) is 13.2 Å². The van der Waals surface area contributed by atoms with Crippen LogP contribution in [0.25, 0.3) is 11.1 Å². The van der Waals surface area contributed by atoms with E-state index < -0.39 is 23.6 Å². The molecule has 3 N–H and O–H groups in total. The van der Waals surface area contributed by atoms with E-state index in [-0.39, 0.29) is 11.4 Å². The lowest BCUT2D eigenvalue weighted by Gasteiger charge is -2.11. The molecule has 0 aliphatic carbocycles. The molecule has 3 rings (SSSR count). The molecular weight excluding hydrogens is 400 g/mol. The highest BCUT2D eigenvalue weighted by Crippen LogP contribution is 2.30. The molecule has 1 heterocycles. The number of aromatic nitrogens is 1. The number of amides is 2. The van der Waals surface area contributed by atoms with Crippen LogP contribution in [-0.2, 0) is 6.18 Å². The van der Waals surface area contributed by atoms with E-state index >= 15 is 0 Å². The van der Waals surface area contributed by atoms with Crippen LogP contribution in [0.1, 0.15) is 12.5 Å². The van der Waals surface area contributed by atoms with E-state index in [1.54, 1.807) is 18.3 Å². The average Bonchev–Trinajstić information content (AvgIpc) is 2.68. The maximum absolute atomic E-state index is 14.6. The lowest BCUT2D eigenvalue weighted by molar-refractivity contribution is -0.137. The number of nitrogens with zero attached hydrogens (tertiary/aromatic N) is 1. The van der Waals surface area contributed by atoms with Gasteiger partial charge in [-0.3, -0.25) is 0 Å². The number of carbonyl (C=O) groups excluding carboxylic acids is 1. The lowest BCUT2D eigenvalue weighted by atomic mass is 10.1. The Labute approximate surface area is 170 Å². The number of halogens is 4. The van der Waals surface area contributed by atoms with Crippen LogP contribution in [0, 0.1) is 5.82 Å². The van der Waals surface area contributed by atoms with Crippen LogP contribution in [0.4, 0.5) is 39.5 Å². The molecule has 0 unspecified atom stereocenters. The molecule has 0 atom stereocenters. The molecule has 156 valence electrons. The SMILES string of the molecule is CCNc1cc(-c2ccc(NC(=O)Nc3ccc(C(F)(F)F)cc3)cc2F)ccn1. The van der Waals surface area contributed by atoms with E-state index in [1.165, 1.54) is 12.1 Å². The second-order valence-electron chi connectivity index (χ2n) is 6.31. The zero-order valence-corrected chi connectivity index (χ0v) is 15.8. The highest BCUT2D eigenvalue weighted by molar-refractivity contribution is 5.99. The fourth-order valence-corrected chi connectivity index (χ4v) is 2.74. The molecule has 2 aromatic carbocycles. The first-order valence-corrected chi connectivity index (χ1v) is 9.01. The first kappa shape index (κ1) is 21.1. The number of alkyl halides is 3. The molecule has 0 aliphatic rings. The van der Waals surface area contributed by atoms with Gasteiger partial charge in [0.15, 0.2) is 0 Å². The van der Waals surface area contributed by atoms with Crippen molar-refractivity contribution in [2.45, 2.75) is 13.1 Å². The molecule has 3 aromatic rings. The van der Waals surface area contributed by atoms with Crippen molar-refractivity contribution in [1.82, 2.24) is 4.98 Å². The summed E-state index contributed by atoms with van der Waals surface area (Å²) in [6.07, 6.45) is -2.89. The van der Waals surface area contributed by atoms with Crippen molar-refractivity contribution in [3.63, 3.8) is 0 Å². The summed E-state index contributed by atoms with van der Waals surface area (Å²) in [7, 11) is 0. The third kappa shape index (κ3) is 5.25. The molecule has 1 aromatic heterocycles. The Hall–Kier alpha value is -3.62. The van der Waals surface area contributed by atoms with E-state index in [0.717, 1.165) is 30.3 Å². The number of hydrogen-bond donors (Lipinski definition) is 3. The lowest BCUT2D eigenvalue weighted by Crippen LogP contribution is -2.19. The van der Waals surface area contributed by atoms with Crippen molar-refractivity contribution in [2.24, 2.45) is 0 Å².